The predicted molar refractivity (Wildman–Crippen MR) is 61.6 cm³/mol. The molecule has 16 heavy (non-hydrogen) atoms. The predicted octanol–water partition coefficient (Wildman–Crippen LogP) is 1.81. The summed E-state index contributed by atoms with van der Waals surface area (Å²) in [7, 11) is 0. The molecule has 88 valence electrons. The van der Waals surface area contributed by atoms with Gasteiger partial charge in [0.25, 0.3) is 0 Å². The minimum absolute atomic E-state index is 0.170. The molecule has 1 unspecified atom stereocenters. The highest BCUT2D eigenvalue weighted by molar-refractivity contribution is 5.70. The molecule has 0 aromatic carbocycles. The highest BCUT2D eigenvalue weighted by Gasteiger charge is 2.19. The van der Waals surface area contributed by atoms with Crippen LogP contribution in [0.4, 0.5) is 0 Å². The smallest absolute Gasteiger partial charge is 0.308 e. The fourth-order valence-corrected chi connectivity index (χ4v) is 1.28. The summed E-state index contributed by atoms with van der Waals surface area (Å²) in [6, 6.07) is 3.29. The number of aromatic nitrogens is 1. The second-order valence-electron chi connectivity index (χ2n) is 4.68. The van der Waals surface area contributed by atoms with Crippen molar-refractivity contribution in [3.8, 4) is 0 Å². The van der Waals surface area contributed by atoms with Gasteiger partial charge in [-0.2, -0.15) is 0 Å². The molecule has 0 bridgehead atoms. The summed E-state index contributed by atoms with van der Waals surface area (Å²) in [6.07, 6.45) is 3.50. The van der Waals surface area contributed by atoms with Gasteiger partial charge in [0.15, 0.2) is 0 Å². The van der Waals surface area contributed by atoms with E-state index in [2.05, 4.69) is 4.98 Å². The number of rotatable bonds is 3. The standard InChI is InChI=1S/C12H18N2O2/c1-12(2,3)16-11(15)7-10(13)9-5-4-6-14-8-9/h4-6,8,10H,7,13H2,1-3H3. The lowest BCUT2D eigenvalue weighted by Crippen LogP contribution is -2.26. The Bertz CT molecular complexity index is 344. The van der Waals surface area contributed by atoms with Gasteiger partial charge in [0.2, 0.25) is 0 Å². The van der Waals surface area contributed by atoms with E-state index in [1.807, 2.05) is 26.8 Å². The molecular weight excluding hydrogens is 204 g/mol. The van der Waals surface area contributed by atoms with Crippen molar-refractivity contribution in [2.45, 2.75) is 38.8 Å². The Kier molecular flexibility index (Phi) is 4.01. The van der Waals surface area contributed by atoms with Crippen molar-refractivity contribution in [3.05, 3.63) is 30.1 Å². The molecule has 0 spiro atoms. The highest BCUT2D eigenvalue weighted by atomic mass is 16.6. The molecule has 0 radical (unpaired) electrons. The zero-order valence-electron chi connectivity index (χ0n) is 9.93. The third kappa shape index (κ3) is 4.40. The van der Waals surface area contributed by atoms with Gasteiger partial charge in [0, 0.05) is 18.4 Å². The third-order valence-electron chi connectivity index (χ3n) is 1.92. The summed E-state index contributed by atoms with van der Waals surface area (Å²) in [5.74, 6) is -0.288. The number of hydrogen-bond donors (Lipinski definition) is 1. The molecule has 0 aliphatic heterocycles. The van der Waals surface area contributed by atoms with Crippen molar-refractivity contribution >= 4 is 5.97 Å². The number of nitrogens with two attached hydrogens (primary N) is 1. The molecule has 0 aliphatic rings. The van der Waals surface area contributed by atoms with E-state index in [9.17, 15) is 4.79 Å². The molecule has 0 fully saturated rings. The quantitative estimate of drug-likeness (QED) is 0.792. The Morgan fingerprint density at radius 3 is 2.75 bits per heavy atom. The molecular formula is C12H18N2O2. The first-order valence-corrected chi connectivity index (χ1v) is 5.26. The average molecular weight is 222 g/mol. The van der Waals surface area contributed by atoms with Gasteiger partial charge < -0.3 is 10.5 Å². The SMILES string of the molecule is CC(C)(C)OC(=O)CC(N)c1cccnc1. The third-order valence-corrected chi connectivity index (χ3v) is 1.92. The van der Waals surface area contributed by atoms with Gasteiger partial charge in [-0.25, -0.2) is 0 Å². The van der Waals surface area contributed by atoms with Crippen molar-refractivity contribution in [3.63, 3.8) is 0 Å². The number of carbonyl (C=O) groups is 1. The van der Waals surface area contributed by atoms with Crippen LogP contribution in [0.5, 0.6) is 0 Å². The van der Waals surface area contributed by atoms with Crippen LogP contribution in [-0.4, -0.2) is 16.6 Å². The fraction of sp³-hybridized carbons (Fsp3) is 0.500. The van der Waals surface area contributed by atoms with Crippen LogP contribution in [0.3, 0.4) is 0 Å². The van der Waals surface area contributed by atoms with E-state index in [0.29, 0.717) is 0 Å². The van der Waals surface area contributed by atoms with E-state index in [1.165, 1.54) is 0 Å². The van der Waals surface area contributed by atoms with Gasteiger partial charge >= 0.3 is 5.97 Å². The topological polar surface area (TPSA) is 65.2 Å². The molecule has 0 saturated carbocycles. The van der Waals surface area contributed by atoms with Gasteiger partial charge in [0.1, 0.15) is 5.60 Å². The monoisotopic (exact) mass is 222 g/mol. The molecule has 0 saturated heterocycles. The maximum Gasteiger partial charge on any atom is 0.308 e. The molecule has 1 rings (SSSR count). The van der Waals surface area contributed by atoms with Crippen LogP contribution in [0, 0.1) is 0 Å². The summed E-state index contributed by atoms with van der Waals surface area (Å²) in [5, 5.41) is 0. The van der Waals surface area contributed by atoms with Crippen LogP contribution in [0.15, 0.2) is 24.5 Å². The summed E-state index contributed by atoms with van der Waals surface area (Å²) < 4.78 is 5.19. The van der Waals surface area contributed by atoms with Gasteiger partial charge in [-0.1, -0.05) is 6.07 Å². The van der Waals surface area contributed by atoms with Gasteiger partial charge in [-0.15, -0.1) is 0 Å². The lowest BCUT2D eigenvalue weighted by Gasteiger charge is -2.20. The summed E-state index contributed by atoms with van der Waals surface area (Å²) in [5.41, 5.74) is 6.25. The summed E-state index contributed by atoms with van der Waals surface area (Å²) in [6.45, 7) is 5.50. The first-order chi connectivity index (χ1) is 7.38. The van der Waals surface area contributed by atoms with Gasteiger partial charge in [-0.05, 0) is 32.4 Å². The van der Waals surface area contributed by atoms with Crippen molar-refractivity contribution < 1.29 is 9.53 Å². The first kappa shape index (κ1) is 12.6. The molecule has 0 aliphatic carbocycles. The molecule has 0 amide bonds. The van der Waals surface area contributed by atoms with Gasteiger partial charge in [-0.3, -0.25) is 9.78 Å². The van der Waals surface area contributed by atoms with E-state index < -0.39 is 5.60 Å². The summed E-state index contributed by atoms with van der Waals surface area (Å²) in [4.78, 5) is 15.5. The number of carbonyl (C=O) groups excluding carboxylic acids is 1. The molecule has 1 aromatic rings. The summed E-state index contributed by atoms with van der Waals surface area (Å²) >= 11 is 0. The number of pyridine rings is 1. The van der Waals surface area contributed by atoms with Crippen molar-refractivity contribution in [1.82, 2.24) is 4.98 Å². The maximum absolute atomic E-state index is 11.5. The Hall–Kier alpha value is -1.42. The lowest BCUT2D eigenvalue weighted by molar-refractivity contribution is -0.155. The fourth-order valence-electron chi connectivity index (χ4n) is 1.28. The molecule has 4 nitrogen and oxygen atoms in total. The Labute approximate surface area is 95.8 Å². The average Bonchev–Trinajstić information content (AvgIpc) is 2.16. The molecule has 2 N–H and O–H groups in total. The zero-order valence-corrected chi connectivity index (χ0v) is 9.93. The molecule has 1 aromatic heterocycles. The molecule has 1 heterocycles. The molecule has 1 atom stereocenters. The normalized spacial score (nSPS) is 13.2. The van der Waals surface area contributed by atoms with Crippen LogP contribution in [0.1, 0.15) is 38.8 Å². The van der Waals surface area contributed by atoms with Crippen LogP contribution in [-0.2, 0) is 9.53 Å². The van der Waals surface area contributed by atoms with E-state index in [1.54, 1.807) is 18.5 Å². The van der Waals surface area contributed by atoms with E-state index in [0.717, 1.165) is 5.56 Å². The van der Waals surface area contributed by atoms with Crippen molar-refractivity contribution in [2.24, 2.45) is 5.73 Å². The second kappa shape index (κ2) is 5.07. The largest absolute Gasteiger partial charge is 0.460 e. The minimum Gasteiger partial charge on any atom is -0.460 e. The number of esters is 1. The number of nitrogens with zero attached hydrogens (tertiary/aromatic N) is 1. The van der Waals surface area contributed by atoms with Crippen LogP contribution in [0.2, 0.25) is 0 Å². The van der Waals surface area contributed by atoms with Crippen LogP contribution in [0.25, 0.3) is 0 Å². The van der Waals surface area contributed by atoms with Crippen molar-refractivity contribution in [1.29, 1.82) is 0 Å². The van der Waals surface area contributed by atoms with E-state index in [4.69, 9.17) is 10.5 Å². The number of ether oxygens (including phenoxy) is 1. The maximum atomic E-state index is 11.5. The van der Waals surface area contributed by atoms with Crippen LogP contribution >= 0.6 is 0 Å². The van der Waals surface area contributed by atoms with E-state index in [-0.39, 0.29) is 18.4 Å². The van der Waals surface area contributed by atoms with Crippen molar-refractivity contribution in [2.75, 3.05) is 0 Å². The first-order valence-electron chi connectivity index (χ1n) is 5.26. The van der Waals surface area contributed by atoms with Gasteiger partial charge in [0.05, 0.1) is 6.42 Å². The minimum atomic E-state index is -0.467. The zero-order chi connectivity index (χ0) is 12.2. The van der Waals surface area contributed by atoms with E-state index >= 15 is 0 Å². The Morgan fingerprint density at radius 2 is 2.25 bits per heavy atom. The van der Waals surface area contributed by atoms with Crippen LogP contribution < -0.4 is 5.73 Å². The Balaban J connectivity index is 2.52. The Morgan fingerprint density at radius 1 is 1.56 bits per heavy atom. The lowest BCUT2D eigenvalue weighted by atomic mass is 10.1. The number of hydrogen-bond acceptors (Lipinski definition) is 4. The second-order valence-corrected chi connectivity index (χ2v) is 4.68. The highest BCUT2D eigenvalue weighted by Crippen LogP contribution is 2.15. The molecule has 4 heteroatoms.